The molecule has 5 heteroatoms. The lowest BCUT2D eigenvalue weighted by atomic mass is 9.95. The fourth-order valence-electron chi connectivity index (χ4n) is 2.22. The summed E-state index contributed by atoms with van der Waals surface area (Å²) >= 11 is 0. The number of carbonyl (C=O) groups excluding carboxylic acids is 2. The van der Waals surface area contributed by atoms with Gasteiger partial charge in [0, 0.05) is 35.8 Å². The molecule has 0 spiro atoms. The van der Waals surface area contributed by atoms with Crippen molar-refractivity contribution in [3.8, 4) is 0 Å². The van der Waals surface area contributed by atoms with E-state index in [-0.39, 0.29) is 24.2 Å². The Bertz CT molecular complexity index is 781. The monoisotopic (exact) mass is 342 g/mol. The molecule has 0 unspecified atom stereocenters. The van der Waals surface area contributed by atoms with Crippen LogP contribution in [-0.4, -0.2) is 23.8 Å². The van der Waals surface area contributed by atoms with E-state index in [9.17, 15) is 14.0 Å². The standard InChI is InChI=1S/C20H23FN2O2/c1-20(2,3)19(25)22-16-10-7-9-14(12-16)18(24)23(4)13-15-8-5-6-11-17(15)21/h5-12H,13H2,1-4H3,(H,22,25). The molecule has 0 aliphatic carbocycles. The maximum atomic E-state index is 13.7. The second-order valence-electron chi connectivity index (χ2n) is 7.04. The number of hydrogen-bond acceptors (Lipinski definition) is 2. The topological polar surface area (TPSA) is 49.4 Å². The first-order valence-electron chi connectivity index (χ1n) is 8.09. The average molecular weight is 342 g/mol. The molecule has 0 aromatic heterocycles. The molecule has 0 atom stereocenters. The van der Waals surface area contributed by atoms with E-state index in [1.807, 2.05) is 20.8 Å². The van der Waals surface area contributed by atoms with Gasteiger partial charge in [-0.3, -0.25) is 9.59 Å². The highest BCUT2D eigenvalue weighted by Gasteiger charge is 2.21. The van der Waals surface area contributed by atoms with Gasteiger partial charge in [0.05, 0.1) is 0 Å². The maximum Gasteiger partial charge on any atom is 0.253 e. The van der Waals surface area contributed by atoms with Crippen LogP contribution in [0.1, 0.15) is 36.7 Å². The molecule has 132 valence electrons. The lowest BCUT2D eigenvalue weighted by Gasteiger charge is -2.20. The molecule has 0 saturated carbocycles. The van der Waals surface area contributed by atoms with Gasteiger partial charge in [0.1, 0.15) is 5.82 Å². The molecule has 0 fully saturated rings. The Labute approximate surface area is 147 Å². The van der Waals surface area contributed by atoms with Crippen molar-refractivity contribution in [1.82, 2.24) is 4.90 Å². The fourth-order valence-corrected chi connectivity index (χ4v) is 2.22. The minimum atomic E-state index is -0.526. The van der Waals surface area contributed by atoms with E-state index in [0.717, 1.165) is 0 Å². The Balaban J connectivity index is 2.13. The third kappa shape index (κ3) is 4.89. The van der Waals surface area contributed by atoms with E-state index in [2.05, 4.69) is 5.32 Å². The van der Waals surface area contributed by atoms with Crippen LogP contribution in [0.5, 0.6) is 0 Å². The summed E-state index contributed by atoms with van der Waals surface area (Å²) in [7, 11) is 1.62. The predicted molar refractivity (Wildman–Crippen MR) is 96.7 cm³/mol. The van der Waals surface area contributed by atoms with Gasteiger partial charge >= 0.3 is 0 Å². The Morgan fingerprint density at radius 2 is 1.76 bits per heavy atom. The molecule has 2 aromatic carbocycles. The van der Waals surface area contributed by atoms with E-state index in [4.69, 9.17) is 0 Å². The summed E-state index contributed by atoms with van der Waals surface area (Å²) in [5.41, 5.74) is 0.924. The van der Waals surface area contributed by atoms with Gasteiger partial charge in [0.2, 0.25) is 5.91 Å². The minimum Gasteiger partial charge on any atom is -0.337 e. The number of amides is 2. The van der Waals surface area contributed by atoms with Crippen molar-refractivity contribution in [2.75, 3.05) is 12.4 Å². The first kappa shape index (κ1) is 18.6. The summed E-state index contributed by atoms with van der Waals surface area (Å²) < 4.78 is 13.7. The lowest BCUT2D eigenvalue weighted by Crippen LogP contribution is -2.28. The van der Waals surface area contributed by atoms with Gasteiger partial charge in [-0.05, 0) is 24.3 Å². The molecule has 0 radical (unpaired) electrons. The molecule has 0 aliphatic heterocycles. The van der Waals surface area contributed by atoms with E-state index < -0.39 is 5.41 Å². The maximum absolute atomic E-state index is 13.7. The number of rotatable bonds is 4. The van der Waals surface area contributed by atoms with Crippen molar-refractivity contribution >= 4 is 17.5 Å². The molecule has 0 bridgehead atoms. The van der Waals surface area contributed by atoms with Gasteiger partial charge in [0.15, 0.2) is 0 Å². The highest BCUT2D eigenvalue weighted by molar-refractivity contribution is 5.98. The molecule has 2 rings (SSSR count). The van der Waals surface area contributed by atoms with E-state index >= 15 is 0 Å². The Hall–Kier alpha value is -2.69. The van der Waals surface area contributed by atoms with Crippen LogP contribution in [0.3, 0.4) is 0 Å². The van der Waals surface area contributed by atoms with Gasteiger partial charge in [-0.2, -0.15) is 0 Å². The van der Waals surface area contributed by atoms with Gasteiger partial charge in [-0.1, -0.05) is 45.0 Å². The third-order valence-corrected chi connectivity index (χ3v) is 3.76. The first-order valence-corrected chi connectivity index (χ1v) is 8.09. The molecule has 1 N–H and O–H groups in total. The molecule has 2 aromatic rings. The Morgan fingerprint density at radius 1 is 1.08 bits per heavy atom. The summed E-state index contributed by atoms with van der Waals surface area (Å²) in [5, 5.41) is 2.81. The summed E-state index contributed by atoms with van der Waals surface area (Å²) in [6, 6.07) is 13.1. The van der Waals surface area contributed by atoms with Crippen molar-refractivity contribution in [2.24, 2.45) is 5.41 Å². The normalized spacial score (nSPS) is 11.1. The molecular formula is C20H23FN2O2. The van der Waals surface area contributed by atoms with Crippen LogP contribution in [0.15, 0.2) is 48.5 Å². The SMILES string of the molecule is CN(Cc1ccccc1F)C(=O)c1cccc(NC(=O)C(C)(C)C)c1. The number of anilines is 1. The zero-order valence-electron chi connectivity index (χ0n) is 15.0. The summed E-state index contributed by atoms with van der Waals surface area (Å²) in [6.07, 6.45) is 0. The van der Waals surface area contributed by atoms with Crippen LogP contribution >= 0.6 is 0 Å². The van der Waals surface area contributed by atoms with Gasteiger partial charge in [0.25, 0.3) is 5.91 Å². The van der Waals surface area contributed by atoms with Crippen LogP contribution in [0.4, 0.5) is 10.1 Å². The van der Waals surface area contributed by atoms with Crippen molar-refractivity contribution in [3.05, 3.63) is 65.5 Å². The van der Waals surface area contributed by atoms with Crippen LogP contribution in [-0.2, 0) is 11.3 Å². The summed E-state index contributed by atoms with van der Waals surface area (Å²) in [6.45, 7) is 5.63. The van der Waals surface area contributed by atoms with Crippen molar-refractivity contribution in [3.63, 3.8) is 0 Å². The molecule has 0 saturated heterocycles. The molecular weight excluding hydrogens is 319 g/mol. The van der Waals surface area contributed by atoms with E-state index in [1.54, 1.807) is 49.5 Å². The number of carbonyl (C=O) groups is 2. The highest BCUT2D eigenvalue weighted by atomic mass is 19.1. The summed E-state index contributed by atoms with van der Waals surface area (Å²) in [5.74, 6) is -0.708. The first-order chi connectivity index (χ1) is 11.7. The fraction of sp³-hybridized carbons (Fsp3) is 0.300. The summed E-state index contributed by atoms with van der Waals surface area (Å²) in [4.78, 5) is 26.1. The number of halogens is 1. The molecule has 0 aliphatic rings. The molecule has 2 amide bonds. The number of hydrogen-bond donors (Lipinski definition) is 1. The van der Waals surface area contributed by atoms with Crippen LogP contribution in [0.2, 0.25) is 0 Å². The quantitative estimate of drug-likeness (QED) is 0.910. The third-order valence-electron chi connectivity index (χ3n) is 3.76. The number of nitrogens with one attached hydrogen (secondary N) is 1. The molecule has 0 heterocycles. The van der Waals surface area contributed by atoms with E-state index in [0.29, 0.717) is 16.8 Å². The smallest absolute Gasteiger partial charge is 0.253 e. The molecule has 25 heavy (non-hydrogen) atoms. The second kappa shape index (κ2) is 7.47. The zero-order chi connectivity index (χ0) is 18.6. The van der Waals surface area contributed by atoms with Gasteiger partial charge in [-0.25, -0.2) is 4.39 Å². The van der Waals surface area contributed by atoms with Crippen LogP contribution < -0.4 is 5.32 Å². The zero-order valence-corrected chi connectivity index (χ0v) is 15.0. The number of benzene rings is 2. The van der Waals surface area contributed by atoms with Crippen LogP contribution in [0.25, 0.3) is 0 Å². The van der Waals surface area contributed by atoms with Crippen molar-refractivity contribution < 1.29 is 14.0 Å². The lowest BCUT2D eigenvalue weighted by molar-refractivity contribution is -0.123. The second-order valence-corrected chi connectivity index (χ2v) is 7.04. The van der Waals surface area contributed by atoms with Crippen LogP contribution in [0, 0.1) is 11.2 Å². The minimum absolute atomic E-state index is 0.128. The van der Waals surface area contributed by atoms with Gasteiger partial charge in [-0.15, -0.1) is 0 Å². The highest BCUT2D eigenvalue weighted by Crippen LogP contribution is 2.19. The molecule has 4 nitrogen and oxygen atoms in total. The van der Waals surface area contributed by atoms with Crippen molar-refractivity contribution in [1.29, 1.82) is 0 Å². The predicted octanol–water partition coefficient (Wildman–Crippen LogP) is 4.08. The largest absolute Gasteiger partial charge is 0.337 e. The number of nitrogens with zero attached hydrogens (tertiary/aromatic N) is 1. The average Bonchev–Trinajstić information content (AvgIpc) is 2.55. The Morgan fingerprint density at radius 3 is 2.40 bits per heavy atom. The van der Waals surface area contributed by atoms with E-state index in [1.165, 1.54) is 11.0 Å². The Kier molecular flexibility index (Phi) is 5.57. The van der Waals surface area contributed by atoms with Crippen molar-refractivity contribution in [2.45, 2.75) is 27.3 Å². The van der Waals surface area contributed by atoms with Gasteiger partial charge < -0.3 is 10.2 Å².